The van der Waals surface area contributed by atoms with Gasteiger partial charge in [0.1, 0.15) is 11.3 Å². The minimum Gasteiger partial charge on any atom is -0.493 e. The van der Waals surface area contributed by atoms with E-state index in [1.807, 2.05) is 55.5 Å². The van der Waals surface area contributed by atoms with E-state index in [-0.39, 0.29) is 17.5 Å². The van der Waals surface area contributed by atoms with E-state index in [4.69, 9.17) is 4.74 Å². The predicted molar refractivity (Wildman–Crippen MR) is 104 cm³/mol. The van der Waals surface area contributed by atoms with Crippen LogP contribution >= 0.6 is 0 Å². The summed E-state index contributed by atoms with van der Waals surface area (Å²) in [5.41, 5.74) is 3.38. The third-order valence-electron chi connectivity index (χ3n) is 4.78. The number of H-pyrrole nitrogens is 1. The Morgan fingerprint density at radius 1 is 1.07 bits per heavy atom. The molecule has 2 aromatic carbocycles. The van der Waals surface area contributed by atoms with Crippen LogP contribution in [0.25, 0.3) is 11.3 Å². The lowest BCUT2D eigenvalue weighted by atomic mass is 10.00. The lowest BCUT2D eigenvalue weighted by Gasteiger charge is -2.26. The van der Waals surface area contributed by atoms with Gasteiger partial charge in [-0.1, -0.05) is 48.0 Å². The summed E-state index contributed by atoms with van der Waals surface area (Å²) in [5, 5.41) is 2.96. The van der Waals surface area contributed by atoms with E-state index >= 15 is 0 Å². The van der Waals surface area contributed by atoms with Crippen molar-refractivity contribution < 1.29 is 9.53 Å². The molecular formula is C22H20N2O3. The Hall–Kier alpha value is -3.34. The molecule has 2 N–H and O–H groups in total. The van der Waals surface area contributed by atoms with Crippen molar-refractivity contribution in [3.8, 4) is 17.0 Å². The number of rotatable bonds is 3. The minimum atomic E-state index is -0.397. The maximum atomic E-state index is 12.7. The van der Waals surface area contributed by atoms with Gasteiger partial charge in [-0.3, -0.25) is 9.59 Å². The minimum absolute atomic E-state index is 0.106. The van der Waals surface area contributed by atoms with Crippen molar-refractivity contribution in [3.63, 3.8) is 0 Å². The van der Waals surface area contributed by atoms with Gasteiger partial charge in [0.2, 0.25) is 0 Å². The van der Waals surface area contributed by atoms with Crippen LogP contribution in [-0.2, 0) is 0 Å². The monoisotopic (exact) mass is 360 g/mol. The third-order valence-corrected chi connectivity index (χ3v) is 4.78. The van der Waals surface area contributed by atoms with Crippen LogP contribution in [0.3, 0.4) is 0 Å². The number of carbonyl (C=O) groups excluding carboxylic acids is 1. The molecule has 0 spiro atoms. The first-order chi connectivity index (χ1) is 13.1. The van der Waals surface area contributed by atoms with Crippen LogP contribution in [-0.4, -0.2) is 17.5 Å². The number of hydrogen-bond donors (Lipinski definition) is 2. The highest BCUT2D eigenvalue weighted by atomic mass is 16.5. The van der Waals surface area contributed by atoms with Gasteiger partial charge in [-0.25, -0.2) is 0 Å². The molecule has 1 aromatic heterocycles. The van der Waals surface area contributed by atoms with Gasteiger partial charge < -0.3 is 15.0 Å². The van der Waals surface area contributed by atoms with Crippen LogP contribution in [0.15, 0.2) is 65.5 Å². The fraction of sp³-hybridized carbons (Fsp3) is 0.182. The number of benzene rings is 2. The van der Waals surface area contributed by atoms with Gasteiger partial charge >= 0.3 is 0 Å². The summed E-state index contributed by atoms with van der Waals surface area (Å²) in [6.07, 6.45) is 0.669. The predicted octanol–water partition coefficient (Wildman–Crippen LogP) is 3.60. The SMILES string of the molecule is Cc1ccc(-c2ccc(C(=O)N[C@H]3CCOc4ccccc43)c(=O)[nH]2)cc1. The van der Waals surface area contributed by atoms with Crippen LogP contribution in [0.1, 0.15) is 33.9 Å². The molecule has 136 valence electrons. The Morgan fingerprint density at radius 3 is 2.63 bits per heavy atom. The Balaban J connectivity index is 1.56. The largest absolute Gasteiger partial charge is 0.493 e. The Bertz CT molecular complexity index is 1040. The van der Waals surface area contributed by atoms with Crippen molar-refractivity contribution in [1.29, 1.82) is 0 Å². The zero-order valence-corrected chi connectivity index (χ0v) is 15.0. The van der Waals surface area contributed by atoms with Crippen molar-refractivity contribution in [1.82, 2.24) is 10.3 Å². The van der Waals surface area contributed by atoms with E-state index in [2.05, 4.69) is 10.3 Å². The fourth-order valence-corrected chi connectivity index (χ4v) is 3.28. The second kappa shape index (κ2) is 7.11. The lowest BCUT2D eigenvalue weighted by Crippen LogP contribution is -2.35. The molecule has 5 nitrogen and oxygen atoms in total. The third kappa shape index (κ3) is 3.49. The molecule has 1 atom stereocenters. The van der Waals surface area contributed by atoms with E-state index in [0.29, 0.717) is 18.7 Å². The number of pyridine rings is 1. The maximum absolute atomic E-state index is 12.7. The summed E-state index contributed by atoms with van der Waals surface area (Å²) in [5.74, 6) is 0.395. The molecule has 5 heteroatoms. The Kier molecular flexibility index (Phi) is 4.50. The van der Waals surface area contributed by atoms with Gasteiger partial charge in [0.15, 0.2) is 0 Å². The van der Waals surface area contributed by atoms with Crippen molar-refractivity contribution in [3.05, 3.63) is 87.7 Å². The summed E-state index contributed by atoms with van der Waals surface area (Å²) >= 11 is 0. The number of para-hydroxylation sites is 1. The quantitative estimate of drug-likeness (QED) is 0.750. The van der Waals surface area contributed by atoms with Crippen LogP contribution < -0.4 is 15.6 Å². The molecule has 0 saturated carbocycles. The second-order valence-electron chi connectivity index (χ2n) is 6.68. The number of aryl methyl sites for hydroxylation is 1. The van der Waals surface area contributed by atoms with Crippen LogP contribution in [0.4, 0.5) is 0 Å². The zero-order chi connectivity index (χ0) is 18.8. The molecule has 27 heavy (non-hydrogen) atoms. The standard InChI is InChI=1S/C22H20N2O3/c1-14-6-8-15(9-7-14)18-11-10-17(21(25)23-18)22(26)24-19-12-13-27-20-5-3-2-4-16(19)20/h2-11,19H,12-13H2,1H3,(H,23,25)(H,24,26)/t19-/m0/s1. The average Bonchev–Trinajstić information content (AvgIpc) is 2.68. The van der Waals surface area contributed by atoms with E-state index in [0.717, 1.165) is 22.4 Å². The van der Waals surface area contributed by atoms with Crippen molar-refractivity contribution >= 4 is 5.91 Å². The summed E-state index contributed by atoms with van der Waals surface area (Å²) in [6, 6.07) is 18.7. The molecule has 0 fully saturated rings. The number of amides is 1. The van der Waals surface area contributed by atoms with Gasteiger partial charge in [0.05, 0.1) is 12.6 Å². The van der Waals surface area contributed by atoms with Crippen LogP contribution in [0, 0.1) is 6.92 Å². The highest BCUT2D eigenvalue weighted by Crippen LogP contribution is 2.31. The summed E-state index contributed by atoms with van der Waals surface area (Å²) < 4.78 is 5.62. The number of ether oxygens (including phenoxy) is 1. The molecule has 2 heterocycles. The summed E-state index contributed by atoms with van der Waals surface area (Å²) in [6.45, 7) is 2.54. The van der Waals surface area contributed by atoms with E-state index in [1.54, 1.807) is 12.1 Å². The Labute approximate surface area is 157 Å². The number of carbonyl (C=O) groups is 1. The smallest absolute Gasteiger partial charge is 0.261 e. The maximum Gasteiger partial charge on any atom is 0.261 e. The lowest BCUT2D eigenvalue weighted by molar-refractivity contribution is 0.0923. The molecule has 0 radical (unpaired) electrons. The highest BCUT2D eigenvalue weighted by Gasteiger charge is 2.24. The van der Waals surface area contributed by atoms with Crippen molar-refractivity contribution in [2.45, 2.75) is 19.4 Å². The molecule has 0 bridgehead atoms. The molecule has 0 unspecified atom stereocenters. The van der Waals surface area contributed by atoms with Gasteiger partial charge in [0, 0.05) is 17.7 Å². The van der Waals surface area contributed by atoms with Gasteiger partial charge in [-0.15, -0.1) is 0 Å². The summed E-state index contributed by atoms with van der Waals surface area (Å²) in [7, 11) is 0. The molecule has 1 amide bonds. The molecule has 3 aromatic rings. The number of fused-ring (bicyclic) bond motifs is 1. The number of hydrogen-bond acceptors (Lipinski definition) is 3. The molecule has 0 saturated heterocycles. The zero-order valence-electron chi connectivity index (χ0n) is 15.0. The normalized spacial score (nSPS) is 15.5. The van der Waals surface area contributed by atoms with Gasteiger partial charge in [0.25, 0.3) is 11.5 Å². The first-order valence-corrected chi connectivity index (χ1v) is 8.95. The molecule has 4 rings (SSSR count). The number of aromatic nitrogens is 1. The number of nitrogens with one attached hydrogen (secondary N) is 2. The fourth-order valence-electron chi connectivity index (χ4n) is 3.28. The topological polar surface area (TPSA) is 71.2 Å². The van der Waals surface area contributed by atoms with E-state index in [1.165, 1.54) is 0 Å². The van der Waals surface area contributed by atoms with Crippen LogP contribution in [0.2, 0.25) is 0 Å². The van der Waals surface area contributed by atoms with Crippen LogP contribution in [0.5, 0.6) is 5.75 Å². The number of aromatic amines is 1. The highest BCUT2D eigenvalue weighted by molar-refractivity contribution is 5.94. The summed E-state index contributed by atoms with van der Waals surface area (Å²) in [4.78, 5) is 27.9. The van der Waals surface area contributed by atoms with E-state index in [9.17, 15) is 9.59 Å². The molecule has 0 aliphatic carbocycles. The van der Waals surface area contributed by atoms with E-state index < -0.39 is 5.56 Å². The Morgan fingerprint density at radius 2 is 1.85 bits per heavy atom. The first kappa shape index (κ1) is 17.1. The molecule has 1 aliphatic heterocycles. The van der Waals surface area contributed by atoms with Gasteiger partial charge in [-0.05, 0) is 30.7 Å². The first-order valence-electron chi connectivity index (χ1n) is 8.95. The van der Waals surface area contributed by atoms with Gasteiger partial charge in [-0.2, -0.15) is 0 Å². The average molecular weight is 360 g/mol. The second-order valence-corrected chi connectivity index (χ2v) is 6.68. The van der Waals surface area contributed by atoms with Crippen molar-refractivity contribution in [2.75, 3.05) is 6.61 Å². The molecular weight excluding hydrogens is 340 g/mol. The van der Waals surface area contributed by atoms with Crippen molar-refractivity contribution in [2.24, 2.45) is 0 Å². The molecule has 1 aliphatic rings.